The SMILES string of the molecule is F[B-](F)(F)F.[Ag+].c1ccc2c(c1)cnn2Cn1ncc2ccccc21.c1ccc2c(c1)cnn2Cn1ncc2ccccc21. The van der Waals surface area contributed by atoms with Gasteiger partial charge in [-0.3, -0.25) is 0 Å². The molecule has 0 saturated heterocycles. The summed E-state index contributed by atoms with van der Waals surface area (Å²) in [6.07, 6.45) is 7.56. The van der Waals surface area contributed by atoms with Crippen LogP contribution < -0.4 is 0 Å². The molecule has 0 bridgehead atoms. The average Bonchev–Trinajstić information content (AvgIpc) is 3.80. The van der Waals surface area contributed by atoms with Gasteiger partial charge in [-0.2, -0.15) is 20.4 Å². The van der Waals surface area contributed by atoms with Gasteiger partial charge in [-0.05, 0) is 24.3 Å². The molecule has 4 aromatic carbocycles. The van der Waals surface area contributed by atoms with Crippen LogP contribution in [0.5, 0.6) is 0 Å². The van der Waals surface area contributed by atoms with Gasteiger partial charge in [-0.1, -0.05) is 72.8 Å². The summed E-state index contributed by atoms with van der Waals surface area (Å²) < 4.78 is 46.9. The molecule has 0 amide bonds. The summed E-state index contributed by atoms with van der Waals surface area (Å²) in [7, 11) is -6.00. The summed E-state index contributed by atoms with van der Waals surface area (Å²) in [4.78, 5) is 0. The van der Waals surface area contributed by atoms with Gasteiger partial charge in [0.25, 0.3) is 0 Å². The van der Waals surface area contributed by atoms with Crippen LogP contribution in [0.25, 0.3) is 43.6 Å². The van der Waals surface area contributed by atoms with Crippen molar-refractivity contribution in [1.29, 1.82) is 0 Å². The number of fused-ring (bicyclic) bond motifs is 4. The largest absolute Gasteiger partial charge is 1.00 e. The number of benzene rings is 4. The van der Waals surface area contributed by atoms with E-state index in [9.17, 15) is 17.3 Å². The monoisotopic (exact) mass is 690 g/mol. The smallest absolute Gasteiger partial charge is 0.418 e. The molecule has 0 unspecified atom stereocenters. The average molecular weight is 691 g/mol. The van der Waals surface area contributed by atoms with Crippen LogP contribution >= 0.6 is 0 Å². The van der Waals surface area contributed by atoms with Crippen LogP contribution in [-0.2, 0) is 35.7 Å². The molecule has 0 radical (unpaired) electrons. The molecule has 226 valence electrons. The number of aromatic nitrogens is 8. The maximum Gasteiger partial charge on any atom is 1.00 e. The second kappa shape index (κ2) is 13.3. The van der Waals surface area contributed by atoms with Crippen molar-refractivity contribution in [2.75, 3.05) is 0 Å². The predicted molar refractivity (Wildman–Crippen MR) is 160 cm³/mol. The molecule has 0 spiro atoms. The first-order chi connectivity index (χ1) is 20.8. The Morgan fingerprint density at radius 1 is 0.409 bits per heavy atom. The summed E-state index contributed by atoms with van der Waals surface area (Å²) >= 11 is 0. The Hall–Kier alpha value is -4.71. The molecular formula is C30H24AgBF4N8. The van der Waals surface area contributed by atoms with Gasteiger partial charge in [0.05, 0.1) is 46.9 Å². The van der Waals surface area contributed by atoms with Crippen molar-refractivity contribution in [3.8, 4) is 0 Å². The van der Waals surface area contributed by atoms with Crippen molar-refractivity contribution in [2.45, 2.75) is 13.3 Å². The molecule has 0 fully saturated rings. The molecule has 8 aromatic rings. The Bertz CT molecular complexity index is 1840. The molecular weight excluding hydrogens is 667 g/mol. The predicted octanol–water partition coefficient (Wildman–Crippen LogP) is 7.08. The Balaban J connectivity index is 0.000000149. The first kappa shape index (κ1) is 30.7. The van der Waals surface area contributed by atoms with Crippen LogP contribution in [0.2, 0.25) is 0 Å². The Labute approximate surface area is 264 Å². The normalized spacial score (nSPS) is 11.2. The molecule has 4 heterocycles. The van der Waals surface area contributed by atoms with Crippen LogP contribution in [0.4, 0.5) is 17.3 Å². The van der Waals surface area contributed by atoms with Crippen LogP contribution in [-0.4, -0.2) is 46.4 Å². The fraction of sp³-hybridized carbons (Fsp3) is 0.0667. The third-order valence-electron chi connectivity index (χ3n) is 6.74. The number of rotatable bonds is 4. The number of para-hydroxylation sites is 4. The van der Waals surface area contributed by atoms with Crippen LogP contribution in [0.1, 0.15) is 0 Å². The molecule has 14 heteroatoms. The second-order valence-electron chi connectivity index (χ2n) is 9.59. The zero-order valence-corrected chi connectivity index (χ0v) is 24.4. The van der Waals surface area contributed by atoms with E-state index in [0.717, 1.165) is 43.6 Å². The van der Waals surface area contributed by atoms with Gasteiger partial charge in [-0.15, -0.1) is 0 Å². The van der Waals surface area contributed by atoms with Gasteiger partial charge in [-0.25, -0.2) is 18.7 Å². The molecule has 4 aromatic heterocycles. The van der Waals surface area contributed by atoms with Gasteiger partial charge in [0.15, 0.2) is 0 Å². The first-order valence-corrected chi connectivity index (χ1v) is 13.3. The molecule has 0 N–H and O–H groups in total. The second-order valence-corrected chi connectivity index (χ2v) is 9.59. The number of hydrogen-bond donors (Lipinski definition) is 0. The summed E-state index contributed by atoms with van der Waals surface area (Å²) in [5.74, 6) is 0. The summed E-state index contributed by atoms with van der Waals surface area (Å²) in [5.41, 5.74) is 4.51. The number of hydrogen-bond acceptors (Lipinski definition) is 4. The van der Waals surface area contributed by atoms with Crippen molar-refractivity contribution < 1.29 is 39.6 Å². The van der Waals surface area contributed by atoms with Crippen LogP contribution in [0.3, 0.4) is 0 Å². The molecule has 44 heavy (non-hydrogen) atoms. The Morgan fingerprint density at radius 3 is 0.841 bits per heavy atom. The standard InChI is InChI=1S/2C15H12N4.Ag.BF4/c2*1-3-7-14-12(5-1)9-16-18(14)11-19-15-8-4-2-6-13(15)10-17-19;;2-1(3,4)5/h2*1-10H,11H2;;/q;;+1;-1. The van der Waals surface area contributed by atoms with E-state index in [1.54, 1.807) is 0 Å². The van der Waals surface area contributed by atoms with E-state index in [0.29, 0.717) is 13.3 Å². The first-order valence-electron chi connectivity index (χ1n) is 13.3. The summed E-state index contributed by atoms with van der Waals surface area (Å²) in [6.45, 7) is 1.25. The molecule has 0 aliphatic heterocycles. The van der Waals surface area contributed by atoms with Gasteiger partial charge < -0.3 is 17.3 Å². The van der Waals surface area contributed by atoms with Crippen molar-refractivity contribution in [2.24, 2.45) is 0 Å². The van der Waals surface area contributed by atoms with E-state index in [1.165, 1.54) is 0 Å². The number of halogens is 4. The zero-order chi connectivity index (χ0) is 29.8. The molecule has 0 aliphatic carbocycles. The minimum absolute atomic E-state index is 0. The molecule has 0 saturated carbocycles. The Morgan fingerprint density at radius 2 is 0.614 bits per heavy atom. The molecule has 8 nitrogen and oxygen atoms in total. The minimum Gasteiger partial charge on any atom is -0.418 e. The number of nitrogens with zero attached hydrogens (tertiary/aromatic N) is 8. The molecule has 0 atom stereocenters. The van der Waals surface area contributed by atoms with E-state index >= 15 is 0 Å². The molecule has 8 rings (SSSR count). The van der Waals surface area contributed by atoms with Gasteiger partial charge in [0, 0.05) is 21.5 Å². The minimum atomic E-state index is -6.00. The van der Waals surface area contributed by atoms with Crippen molar-refractivity contribution in [1.82, 2.24) is 39.1 Å². The van der Waals surface area contributed by atoms with Crippen molar-refractivity contribution >= 4 is 50.9 Å². The van der Waals surface area contributed by atoms with Gasteiger partial charge >= 0.3 is 29.6 Å². The zero-order valence-electron chi connectivity index (χ0n) is 22.9. The van der Waals surface area contributed by atoms with Crippen molar-refractivity contribution in [3.63, 3.8) is 0 Å². The maximum atomic E-state index is 9.75. The van der Waals surface area contributed by atoms with E-state index in [2.05, 4.69) is 68.9 Å². The van der Waals surface area contributed by atoms with Crippen LogP contribution in [0.15, 0.2) is 122 Å². The topological polar surface area (TPSA) is 71.3 Å². The van der Waals surface area contributed by atoms with E-state index in [-0.39, 0.29) is 22.4 Å². The quantitative estimate of drug-likeness (QED) is 0.146. The van der Waals surface area contributed by atoms with Gasteiger partial charge in [0.1, 0.15) is 13.3 Å². The van der Waals surface area contributed by atoms with E-state index in [1.807, 2.05) is 92.0 Å². The van der Waals surface area contributed by atoms with Crippen LogP contribution in [0, 0.1) is 0 Å². The van der Waals surface area contributed by atoms with Crippen molar-refractivity contribution in [3.05, 3.63) is 122 Å². The third kappa shape index (κ3) is 7.08. The van der Waals surface area contributed by atoms with Gasteiger partial charge in [0.2, 0.25) is 0 Å². The van der Waals surface area contributed by atoms with E-state index < -0.39 is 7.25 Å². The maximum absolute atomic E-state index is 9.75. The fourth-order valence-corrected chi connectivity index (χ4v) is 4.81. The molecule has 0 aliphatic rings. The summed E-state index contributed by atoms with van der Waals surface area (Å²) in [6, 6.07) is 32.8. The fourth-order valence-electron chi connectivity index (χ4n) is 4.81. The third-order valence-corrected chi connectivity index (χ3v) is 6.74. The summed E-state index contributed by atoms with van der Waals surface area (Å²) in [5, 5.41) is 22.3. The van der Waals surface area contributed by atoms with E-state index in [4.69, 9.17) is 0 Å². The Kier molecular flexibility index (Phi) is 9.28.